The second-order valence-corrected chi connectivity index (χ2v) is 5.35. The summed E-state index contributed by atoms with van der Waals surface area (Å²) in [4.78, 5) is 11.9. The van der Waals surface area contributed by atoms with Gasteiger partial charge in [0.1, 0.15) is 6.10 Å². The van der Waals surface area contributed by atoms with Gasteiger partial charge in [0.15, 0.2) is 0 Å². The topological polar surface area (TPSA) is 64.3 Å². The molecule has 0 aliphatic heterocycles. The van der Waals surface area contributed by atoms with Gasteiger partial charge in [0, 0.05) is 13.1 Å². The van der Waals surface area contributed by atoms with Crippen LogP contribution in [-0.4, -0.2) is 30.7 Å². The number of unbranched alkanes of at least 4 members (excludes halogenated alkanes) is 1. The standard InChI is InChI=1S/C14H28N2O2/c1-3-4-10-16-13(17)12(2)18-14(11-15)8-6-5-7-9-14/h12H,3-11,15H2,1-2H3,(H,16,17). The zero-order chi connectivity index (χ0) is 13.4. The number of hydrogen-bond donors (Lipinski definition) is 2. The second kappa shape index (κ2) is 7.74. The van der Waals surface area contributed by atoms with E-state index in [9.17, 15) is 4.79 Å². The van der Waals surface area contributed by atoms with E-state index >= 15 is 0 Å². The fraction of sp³-hybridized carbons (Fsp3) is 0.929. The van der Waals surface area contributed by atoms with Crippen molar-refractivity contribution in [1.29, 1.82) is 0 Å². The van der Waals surface area contributed by atoms with E-state index in [1.807, 2.05) is 6.92 Å². The van der Waals surface area contributed by atoms with E-state index in [0.717, 1.165) is 45.1 Å². The van der Waals surface area contributed by atoms with Crippen LogP contribution in [0.15, 0.2) is 0 Å². The molecule has 1 unspecified atom stereocenters. The van der Waals surface area contributed by atoms with E-state index in [-0.39, 0.29) is 11.5 Å². The Morgan fingerprint density at radius 2 is 2.06 bits per heavy atom. The molecule has 1 saturated carbocycles. The Bertz CT molecular complexity index is 250. The molecule has 0 aromatic heterocycles. The smallest absolute Gasteiger partial charge is 0.248 e. The van der Waals surface area contributed by atoms with Crippen LogP contribution in [0.25, 0.3) is 0 Å². The molecule has 106 valence electrons. The molecule has 0 saturated heterocycles. The Morgan fingerprint density at radius 3 is 2.61 bits per heavy atom. The molecular weight excluding hydrogens is 228 g/mol. The Hall–Kier alpha value is -0.610. The van der Waals surface area contributed by atoms with Crippen molar-refractivity contribution in [2.45, 2.75) is 70.5 Å². The molecule has 1 fully saturated rings. The predicted molar refractivity (Wildman–Crippen MR) is 73.3 cm³/mol. The maximum absolute atomic E-state index is 11.9. The number of ether oxygens (including phenoxy) is 1. The van der Waals surface area contributed by atoms with Crippen LogP contribution in [0.1, 0.15) is 58.8 Å². The average Bonchev–Trinajstić information content (AvgIpc) is 2.40. The highest BCUT2D eigenvalue weighted by atomic mass is 16.5. The molecule has 0 bridgehead atoms. The first-order chi connectivity index (χ1) is 8.63. The van der Waals surface area contributed by atoms with Gasteiger partial charge < -0.3 is 15.8 Å². The molecule has 0 aromatic rings. The maximum Gasteiger partial charge on any atom is 0.248 e. The quantitative estimate of drug-likeness (QED) is 0.684. The molecule has 0 aromatic carbocycles. The molecule has 4 nitrogen and oxygen atoms in total. The zero-order valence-corrected chi connectivity index (χ0v) is 11.8. The average molecular weight is 256 g/mol. The van der Waals surface area contributed by atoms with Crippen LogP contribution >= 0.6 is 0 Å². The van der Waals surface area contributed by atoms with Crippen LogP contribution in [0.5, 0.6) is 0 Å². The van der Waals surface area contributed by atoms with Crippen molar-refractivity contribution < 1.29 is 9.53 Å². The first-order valence-electron chi connectivity index (χ1n) is 7.29. The number of hydrogen-bond acceptors (Lipinski definition) is 3. The number of amides is 1. The Labute approximate surface area is 111 Å². The predicted octanol–water partition coefficient (Wildman–Crippen LogP) is 1.97. The van der Waals surface area contributed by atoms with Crippen molar-refractivity contribution in [3.05, 3.63) is 0 Å². The summed E-state index contributed by atoms with van der Waals surface area (Å²) >= 11 is 0. The summed E-state index contributed by atoms with van der Waals surface area (Å²) in [6, 6.07) is 0. The molecule has 0 spiro atoms. The highest BCUT2D eigenvalue weighted by molar-refractivity contribution is 5.80. The number of carbonyl (C=O) groups excluding carboxylic acids is 1. The third-order valence-electron chi connectivity index (χ3n) is 3.76. The van der Waals surface area contributed by atoms with Crippen LogP contribution in [0, 0.1) is 0 Å². The van der Waals surface area contributed by atoms with Gasteiger partial charge in [-0.3, -0.25) is 4.79 Å². The SMILES string of the molecule is CCCCNC(=O)C(C)OC1(CN)CCCCC1. The summed E-state index contributed by atoms with van der Waals surface area (Å²) in [5.41, 5.74) is 5.59. The Balaban J connectivity index is 2.40. The van der Waals surface area contributed by atoms with Crippen molar-refractivity contribution >= 4 is 5.91 Å². The first-order valence-corrected chi connectivity index (χ1v) is 7.29. The van der Waals surface area contributed by atoms with E-state index in [4.69, 9.17) is 10.5 Å². The molecule has 1 aliphatic rings. The normalized spacial score (nSPS) is 20.4. The van der Waals surface area contributed by atoms with Crippen molar-refractivity contribution in [3.8, 4) is 0 Å². The van der Waals surface area contributed by atoms with Gasteiger partial charge in [-0.2, -0.15) is 0 Å². The lowest BCUT2D eigenvalue weighted by molar-refractivity contribution is -0.148. The van der Waals surface area contributed by atoms with Gasteiger partial charge in [0.2, 0.25) is 5.91 Å². The minimum Gasteiger partial charge on any atom is -0.361 e. The van der Waals surface area contributed by atoms with Crippen LogP contribution in [0.3, 0.4) is 0 Å². The third kappa shape index (κ3) is 4.58. The van der Waals surface area contributed by atoms with Gasteiger partial charge in [0.25, 0.3) is 0 Å². The molecule has 1 rings (SSSR count). The molecule has 18 heavy (non-hydrogen) atoms. The summed E-state index contributed by atoms with van der Waals surface area (Å²) in [6.07, 6.45) is 7.23. The van der Waals surface area contributed by atoms with Gasteiger partial charge in [-0.25, -0.2) is 0 Å². The molecule has 1 amide bonds. The van der Waals surface area contributed by atoms with Crippen LogP contribution in [-0.2, 0) is 9.53 Å². The second-order valence-electron chi connectivity index (χ2n) is 5.35. The van der Waals surface area contributed by atoms with Crippen molar-refractivity contribution in [2.24, 2.45) is 5.73 Å². The van der Waals surface area contributed by atoms with Gasteiger partial charge in [-0.05, 0) is 26.2 Å². The van der Waals surface area contributed by atoms with Crippen LogP contribution in [0.4, 0.5) is 0 Å². The summed E-state index contributed by atoms with van der Waals surface area (Å²) in [7, 11) is 0. The van der Waals surface area contributed by atoms with Crippen LogP contribution in [0.2, 0.25) is 0 Å². The third-order valence-corrected chi connectivity index (χ3v) is 3.76. The van der Waals surface area contributed by atoms with Gasteiger partial charge in [-0.15, -0.1) is 0 Å². The molecule has 4 heteroatoms. The summed E-state index contributed by atoms with van der Waals surface area (Å²) in [5.74, 6) is -0.0122. The summed E-state index contributed by atoms with van der Waals surface area (Å²) in [5, 5.41) is 2.91. The molecule has 1 atom stereocenters. The van der Waals surface area contributed by atoms with E-state index in [2.05, 4.69) is 12.2 Å². The highest BCUT2D eigenvalue weighted by Crippen LogP contribution is 2.31. The van der Waals surface area contributed by atoms with Gasteiger partial charge in [-0.1, -0.05) is 32.6 Å². The Kier molecular flexibility index (Phi) is 6.65. The summed E-state index contributed by atoms with van der Waals surface area (Å²) < 4.78 is 5.98. The maximum atomic E-state index is 11.9. The number of nitrogens with two attached hydrogens (primary N) is 1. The number of nitrogens with one attached hydrogen (secondary N) is 1. The lowest BCUT2D eigenvalue weighted by Gasteiger charge is -2.38. The van der Waals surface area contributed by atoms with Crippen molar-refractivity contribution in [3.63, 3.8) is 0 Å². The molecule has 1 aliphatic carbocycles. The first kappa shape index (κ1) is 15.4. The monoisotopic (exact) mass is 256 g/mol. The minimum atomic E-state index is -0.400. The van der Waals surface area contributed by atoms with E-state index in [1.54, 1.807) is 0 Å². The lowest BCUT2D eigenvalue weighted by Crippen LogP contribution is -2.48. The van der Waals surface area contributed by atoms with Crippen LogP contribution < -0.4 is 11.1 Å². The molecule has 3 N–H and O–H groups in total. The number of rotatable bonds is 7. The van der Waals surface area contributed by atoms with Crippen molar-refractivity contribution in [2.75, 3.05) is 13.1 Å². The van der Waals surface area contributed by atoms with E-state index in [0.29, 0.717) is 6.54 Å². The Morgan fingerprint density at radius 1 is 1.39 bits per heavy atom. The number of carbonyl (C=O) groups is 1. The highest BCUT2D eigenvalue weighted by Gasteiger charge is 2.34. The van der Waals surface area contributed by atoms with Crippen molar-refractivity contribution in [1.82, 2.24) is 5.32 Å². The fourth-order valence-electron chi connectivity index (χ4n) is 2.53. The van der Waals surface area contributed by atoms with Gasteiger partial charge in [0.05, 0.1) is 5.60 Å². The molecular formula is C14H28N2O2. The van der Waals surface area contributed by atoms with E-state index < -0.39 is 6.10 Å². The molecule has 0 heterocycles. The fourth-order valence-corrected chi connectivity index (χ4v) is 2.53. The zero-order valence-electron chi connectivity index (χ0n) is 11.8. The van der Waals surface area contributed by atoms with E-state index in [1.165, 1.54) is 6.42 Å². The summed E-state index contributed by atoms with van der Waals surface area (Å²) in [6.45, 7) is 5.18. The largest absolute Gasteiger partial charge is 0.361 e. The minimum absolute atomic E-state index is 0.0122. The van der Waals surface area contributed by atoms with Gasteiger partial charge >= 0.3 is 0 Å². The lowest BCUT2D eigenvalue weighted by atomic mass is 9.84. The molecule has 0 radical (unpaired) electrons.